The first-order valence-corrected chi connectivity index (χ1v) is 11.8. The second-order valence-electron chi connectivity index (χ2n) is 8.41. The maximum atomic E-state index is 12.8. The van der Waals surface area contributed by atoms with Crippen LogP contribution in [0.15, 0.2) is 24.5 Å². The van der Waals surface area contributed by atoms with Gasteiger partial charge in [0.15, 0.2) is 0 Å². The molecule has 1 aliphatic rings. The Balaban J connectivity index is 1.46. The second-order valence-corrected chi connectivity index (χ2v) is 8.41. The average molecular weight is 470 g/mol. The van der Waals surface area contributed by atoms with Crippen LogP contribution in [0.25, 0.3) is 0 Å². The molecule has 10 heteroatoms. The third kappa shape index (κ3) is 7.92. The quantitative estimate of drug-likeness (QED) is 0.358. The Morgan fingerprint density at radius 2 is 2.03 bits per heavy atom. The summed E-state index contributed by atoms with van der Waals surface area (Å²) < 4.78 is 12.8. The van der Waals surface area contributed by atoms with E-state index in [-0.39, 0.29) is 5.95 Å². The van der Waals surface area contributed by atoms with E-state index < -0.39 is 18.7 Å². The Labute approximate surface area is 199 Å². The van der Waals surface area contributed by atoms with Gasteiger partial charge in [-0.1, -0.05) is 6.07 Å². The minimum absolute atomic E-state index is 0.161. The Bertz CT molecular complexity index is 965. The maximum Gasteiger partial charge on any atom is 0.326 e. The van der Waals surface area contributed by atoms with Gasteiger partial charge in [0.1, 0.15) is 17.9 Å². The van der Waals surface area contributed by atoms with Crippen molar-refractivity contribution < 1.29 is 14.3 Å². The van der Waals surface area contributed by atoms with Crippen LogP contribution in [0.3, 0.4) is 0 Å². The van der Waals surface area contributed by atoms with Gasteiger partial charge in [0.2, 0.25) is 5.95 Å². The number of carbonyl (C=O) groups is 1. The molecule has 3 N–H and O–H groups in total. The number of hydrogen-bond acceptors (Lipinski definition) is 8. The van der Waals surface area contributed by atoms with E-state index in [0.717, 1.165) is 56.7 Å². The molecule has 1 aliphatic heterocycles. The summed E-state index contributed by atoms with van der Waals surface area (Å²) in [4.78, 5) is 26.5. The van der Waals surface area contributed by atoms with Crippen LogP contribution >= 0.6 is 0 Å². The van der Waals surface area contributed by atoms with Crippen molar-refractivity contribution in [3.63, 3.8) is 0 Å². The topological polar surface area (TPSA) is 127 Å². The highest BCUT2D eigenvalue weighted by atomic mass is 19.1. The first kappa shape index (κ1) is 25.3. The number of anilines is 2. The largest absolute Gasteiger partial charge is 0.480 e. The van der Waals surface area contributed by atoms with Crippen molar-refractivity contribution >= 4 is 17.7 Å². The number of unbranched alkanes of at least 4 members (excludes halogenated alkanes) is 1. The van der Waals surface area contributed by atoms with E-state index in [4.69, 9.17) is 10.2 Å². The molecule has 2 aromatic rings. The minimum Gasteiger partial charge on any atom is -0.480 e. The van der Waals surface area contributed by atoms with Crippen LogP contribution in [0, 0.1) is 11.3 Å². The predicted octanol–water partition coefficient (Wildman–Crippen LogP) is 3.04. The zero-order valence-electron chi connectivity index (χ0n) is 19.3. The molecule has 3 rings (SSSR count). The van der Waals surface area contributed by atoms with Crippen molar-refractivity contribution in [3.05, 3.63) is 41.3 Å². The number of rotatable bonds is 14. The van der Waals surface area contributed by atoms with Gasteiger partial charge in [-0.15, -0.1) is 0 Å². The zero-order chi connectivity index (χ0) is 24.2. The molecule has 34 heavy (non-hydrogen) atoms. The number of carboxylic acids is 1. The molecule has 0 spiro atoms. The second kappa shape index (κ2) is 13.4. The van der Waals surface area contributed by atoms with Crippen molar-refractivity contribution in [1.82, 2.24) is 19.9 Å². The van der Waals surface area contributed by atoms with E-state index in [2.05, 4.69) is 37.6 Å². The molecule has 1 atom stereocenters. The molecule has 0 aliphatic carbocycles. The van der Waals surface area contributed by atoms with Crippen LogP contribution in [0.2, 0.25) is 0 Å². The van der Waals surface area contributed by atoms with Crippen LogP contribution in [-0.4, -0.2) is 69.8 Å². The highest BCUT2D eigenvalue weighted by Gasteiger charge is 2.20. The summed E-state index contributed by atoms with van der Waals surface area (Å²) >= 11 is 0. The number of alkyl halides is 1. The van der Waals surface area contributed by atoms with Crippen LogP contribution in [0.4, 0.5) is 16.2 Å². The summed E-state index contributed by atoms with van der Waals surface area (Å²) in [5, 5.41) is 24.6. The average Bonchev–Trinajstić information content (AvgIpc) is 2.86. The van der Waals surface area contributed by atoms with Gasteiger partial charge in [-0.05, 0) is 63.1 Å². The van der Waals surface area contributed by atoms with Gasteiger partial charge in [0.05, 0.1) is 24.6 Å². The van der Waals surface area contributed by atoms with Crippen molar-refractivity contribution in [3.8, 4) is 6.07 Å². The van der Waals surface area contributed by atoms with Crippen LogP contribution in [-0.2, 0) is 17.6 Å². The van der Waals surface area contributed by atoms with Crippen LogP contribution in [0.1, 0.15) is 48.9 Å². The molecule has 0 aromatic carbocycles. The summed E-state index contributed by atoms with van der Waals surface area (Å²) in [5.74, 6) is 0.158. The standard InChI is InChI=1S/C24H32FN7O2/c25-10-4-13-32(12-2-1-6-20-8-7-19-5-3-11-27-22(19)30-20)14-9-21(23(33)34)31-24-28-16-18(15-26)17-29-24/h7-8,16-17,21H,1-6,9-14H2,(H,27,30)(H,33,34)(H,28,29,31). The summed E-state index contributed by atoms with van der Waals surface area (Å²) in [6, 6.07) is 5.30. The summed E-state index contributed by atoms with van der Waals surface area (Å²) in [5.41, 5.74) is 2.65. The maximum absolute atomic E-state index is 12.8. The number of aliphatic carboxylic acids is 1. The number of nitrogens with zero attached hydrogens (tertiary/aromatic N) is 5. The molecule has 3 heterocycles. The monoisotopic (exact) mass is 469 g/mol. The lowest BCUT2D eigenvalue weighted by molar-refractivity contribution is -0.138. The summed E-state index contributed by atoms with van der Waals surface area (Å²) in [7, 11) is 0. The molecule has 0 saturated carbocycles. The fraction of sp³-hybridized carbons (Fsp3) is 0.542. The molecule has 0 bridgehead atoms. The van der Waals surface area contributed by atoms with E-state index in [9.17, 15) is 14.3 Å². The number of carboxylic acid groups (broad SMARTS) is 1. The number of aryl methyl sites for hydroxylation is 2. The Morgan fingerprint density at radius 3 is 2.76 bits per heavy atom. The first-order chi connectivity index (χ1) is 16.6. The molecule has 0 saturated heterocycles. The molecule has 9 nitrogen and oxygen atoms in total. The highest BCUT2D eigenvalue weighted by Crippen LogP contribution is 2.20. The molecule has 2 aromatic heterocycles. The third-order valence-corrected chi connectivity index (χ3v) is 5.83. The molecule has 1 unspecified atom stereocenters. The molecular formula is C24H32FN7O2. The third-order valence-electron chi connectivity index (χ3n) is 5.83. The molecule has 0 radical (unpaired) electrons. The van der Waals surface area contributed by atoms with Gasteiger partial charge in [0.25, 0.3) is 0 Å². The normalized spacial score (nSPS) is 13.6. The van der Waals surface area contributed by atoms with Crippen molar-refractivity contribution in [2.45, 2.75) is 51.0 Å². The smallest absolute Gasteiger partial charge is 0.326 e. The Hall–Kier alpha value is -3.32. The lowest BCUT2D eigenvalue weighted by Crippen LogP contribution is -2.36. The summed E-state index contributed by atoms with van der Waals surface area (Å²) in [6.07, 6.45) is 8.39. The van der Waals surface area contributed by atoms with Gasteiger partial charge < -0.3 is 20.6 Å². The molecule has 0 fully saturated rings. The van der Waals surface area contributed by atoms with E-state index in [1.165, 1.54) is 18.0 Å². The van der Waals surface area contributed by atoms with Crippen LogP contribution < -0.4 is 10.6 Å². The lowest BCUT2D eigenvalue weighted by atomic mass is 10.1. The van der Waals surface area contributed by atoms with Gasteiger partial charge in [-0.25, -0.2) is 19.7 Å². The molecule has 182 valence electrons. The summed E-state index contributed by atoms with van der Waals surface area (Å²) in [6.45, 7) is 2.43. The van der Waals surface area contributed by atoms with Crippen molar-refractivity contribution in [2.24, 2.45) is 0 Å². The number of aromatic nitrogens is 3. The van der Waals surface area contributed by atoms with Gasteiger partial charge >= 0.3 is 5.97 Å². The number of nitrogens with one attached hydrogen (secondary N) is 2. The van der Waals surface area contributed by atoms with E-state index in [1.54, 1.807) is 0 Å². The van der Waals surface area contributed by atoms with E-state index >= 15 is 0 Å². The number of hydrogen-bond donors (Lipinski definition) is 3. The lowest BCUT2D eigenvalue weighted by Gasteiger charge is -2.24. The first-order valence-electron chi connectivity index (χ1n) is 11.8. The zero-order valence-corrected chi connectivity index (χ0v) is 19.3. The van der Waals surface area contributed by atoms with Gasteiger partial charge in [0, 0.05) is 25.3 Å². The Morgan fingerprint density at radius 1 is 1.24 bits per heavy atom. The van der Waals surface area contributed by atoms with Gasteiger partial charge in [-0.2, -0.15) is 5.26 Å². The predicted molar refractivity (Wildman–Crippen MR) is 127 cm³/mol. The highest BCUT2D eigenvalue weighted by molar-refractivity contribution is 5.76. The fourth-order valence-corrected chi connectivity index (χ4v) is 3.95. The molecule has 0 amide bonds. The van der Waals surface area contributed by atoms with Gasteiger partial charge in [-0.3, -0.25) is 4.39 Å². The van der Waals surface area contributed by atoms with Crippen molar-refractivity contribution in [2.75, 3.05) is 43.5 Å². The number of fused-ring (bicyclic) bond motifs is 1. The van der Waals surface area contributed by atoms with E-state index in [1.807, 2.05) is 6.07 Å². The molecular weight excluding hydrogens is 437 g/mol. The Kier molecular flexibility index (Phi) is 9.98. The fourth-order valence-electron chi connectivity index (χ4n) is 3.95. The van der Waals surface area contributed by atoms with E-state index in [0.29, 0.717) is 31.5 Å². The number of nitriles is 1. The van der Waals surface area contributed by atoms with Crippen LogP contribution in [0.5, 0.6) is 0 Å². The number of halogens is 1. The number of pyridine rings is 1. The SMILES string of the molecule is N#Cc1cnc(NC(CCN(CCCF)CCCCc2ccc3c(n2)NCCC3)C(=O)O)nc1. The minimum atomic E-state index is -1.01. The van der Waals surface area contributed by atoms with Crippen molar-refractivity contribution in [1.29, 1.82) is 5.26 Å².